The van der Waals surface area contributed by atoms with Gasteiger partial charge in [0.15, 0.2) is 11.5 Å². The first kappa shape index (κ1) is 8.64. The number of fused-ring (bicyclic) bond motifs is 1. The van der Waals surface area contributed by atoms with Gasteiger partial charge >= 0.3 is 0 Å². The summed E-state index contributed by atoms with van der Waals surface area (Å²) in [5.41, 5.74) is 0.918. The minimum atomic E-state index is 0.745. The molecule has 0 aliphatic carbocycles. The van der Waals surface area contributed by atoms with Crippen molar-refractivity contribution in [3.63, 3.8) is 0 Å². The van der Waals surface area contributed by atoms with Crippen molar-refractivity contribution in [1.29, 1.82) is 0 Å². The van der Waals surface area contributed by atoms with Crippen LogP contribution in [-0.2, 0) is 7.05 Å². The van der Waals surface area contributed by atoms with Gasteiger partial charge in [-0.05, 0) is 12.8 Å². The summed E-state index contributed by atoms with van der Waals surface area (Å²) in [6.07, 6.45) is 5.91. The first-order valence-electron chi connectivity index (χ1n) is 5.23. The quantitative estimate of drug-likeness (QED) is 0.691. The summed E-state index contributed by atoms with van der Waals surface area (Å²) in [6.45, 7) is 2.22. The summed E-state index contributed by atoms with van der Waals surface area (Å²) in [7, 11) is 2.01. The van der Waals surface area contributed by atoms with Gasteiger partial charge in [-0.25, -0.2) is 15.0 Å². The van der Waals surface area contributed by atoms with Crippen molar-refractivity contribution in [2.75, 3.05) is 18.0 Å². The van der Waals surface area contributed by atoms with Gasteiger partial charge in [0.1, 0.15) is 12.1 Å². The number of rotatable bonds is 1. The van der Waals surface area contributed by atoms with E-state index < -0.39 is 0 Å². The highest BCUT2D eigenvalue weighted by molar-refractivity contribution is 5.68. The van der Waals surface area contributed by atoms with E-state index in [-0.39, 0.29) is 0 Å². The van der Waals surface area contributed by atoms with Gasteiger partial charge in [-0.15, -0.1) is 0 Å². The average molecular weight is 203 g/mol. The van der Waals surface area contributed by atoms with Gasteiger partial charge in [0.05, 0.1) is 6.33 Å². The van der Waals surface area contributed by atoms with Crippen molar-refractivity contribution >= 4 is 5.82 Å². The van der Waals surface area contributed by atoms with Crippen LogP contribution in [0.4, 0.5) is 5.82 Å². The van der Waals surface area contributed by atoms with Crippen molar-refractivity contribution in [2.45, 2.75) is 12.8 Å². The number of anilines is 1. The van der Waals surface area contributed by atoms with E-state index in [0.717, 1.165) is 30.4 Å². The Balaban J connectivity index is 2.15. The zero-order chi connectivity index (χ0) is 10.3. The van der Waals surface area contributed by atoms with Crippen molar-refractivity contribution in [3.05, 3.63) is 12.7 Å². The van der Waals surface area contributed by atoms with E-state index in [1.165, 1.54) is 12.8 Å². The third-order valence-corrected chi connectivity index (χ3v) is 2.88. The van der Waals surface area contributed by atoms with Gasteiger partial charge in [-0.3, -0.25) is 0 Å². The van der Waals surface area contributed by atoms with Crippen LogP contribution in [0.5, 0.6) is 0 Å². The lowest BCUT2D eigenvalue weighted by Gasteiger charge is -2.22. The van der Waals surface area contributed by atoms with E-state index in [1.807, 2.05) is 17.9 Å². The standard InChI is InChI=1S/C10H13N5/c1-14-7-13-9-8(11-6-12-9)10(14)15-4-2-3-5-15/h6-7H,2-5H2,1H3. The smallest absolute Gasteiger partial charge is 0.184 e. The first-order valence-corrected chi connectivity index (χ1v) is 5.23. The van der Waals surface area contributed by atoms with E-state index in [4.69, 9.17) is 0 Å². The summed E-state index contributed by atoms with van der Waals surface area (Å²) in [6, 6.07) is 0. The Hall–Kier alpha value is -1.65. The molecule has 78 valence electrons. The molecule has 0 bridgehead atoms. The van der Waals surface area contributed by atoms with E-state index in [9.17, 15) is 0 Å². The fourth-order valence-electron chi connectivity index (χ4n) is 2.18. The van der Waals surface area contributed by atoms with Crippen LogP contribution in [-0.4, -0.2) is 32.6 Å². The van der Waals surface area contributed by atoms with Crippen LogP contribution < -0.4 is 4.90 Å². The SMILES string of the molecule is Cn1cnc2ncnc-2c1N1CCCC1. The second kappa shape index (κ2) is 3.18. The van der Waals surface area contributed by atoms with Crippen molar-refractivity contribution in [3.8, 4) is 11.5 Å². The molecule has 5 nitrogen and oxygen atoms in total. The van der Waals surface area contributed by atoms with Crippen LogP contribution in [0.25, 0.3) is 11.5 Å². The Morgan fingerprint density at radius 2 is 1.93 bits per heavy atom. The average Bonchev–Trinajstić information content (AvgIpc) is 2.85. The maximum Gasteiger partial charge on any atom is 0.184 e. The third-order valence-electron chi connectivity index (χ3n) is 2.88. The minimum Gasteiger partial charge on any atom is -0.356 e. The van der Waals surface area contributed by atoms with Crippen LogP contribution in [0.3, 0.4) is 0 Å². The predicted octanol–water partition coefficient (Wildman–Crippen LogP) is 0.915. The van der Waals surface area contributed by atoms with Crippen molar-refractivity contribution < 1.29 is 0 Å². The molecule has 0 N–H and O–H groups in total. The molecule has 0 aromatic carbocycles. The maximum atomic E-state index is 4.29. The molecule has 5 heteroatoms. The molecule has 3 rings (SSSR count). The molecule has 15 heavy (non-hydrogen) atoms. The van der Waals surface area contributed by atoms with Gasteiger partial charge in [0.2, 0.25) is 0 Å². The molecule has 0 unspecified atom stereocenters. The second-order valence-corrected chi connectivity index (χ2v) is 3.92. The topological polar surface area (TPSA) is 46.8 Å². The highest BCUT2D eigenvalue weighted by Gasteiger charge is 2.22. The van der Waals surface area contributed by atoms with Crippen LogP contribution in [0.2, 0.25) is 0 Å². The van der Waals surface area contributed by atoms with Crippen molar-refractivity contribution in [2.24, 2.45) is 7.05 Å². The summed E-state index contributed by atoms with van der Waals surface area (Å²) in [4.78, 5) is 15.0. The molecule has 3 heterocycles. The van der Waals surface area contributed by atoms with Crippen molar-refractivity contribution in [1.82, 2.24) is 19.5 Å². The summed E-state index contributed by atoms with van der Waals surface area (Å²) in [5.74, 6) is 1.89. The number of aryl methyl sites for hydroxylation is 1. The van der Waals surface area contributed by atoms with E-state index in [1.54, 1.807) is 6.33 Å². The Morgan fingerprint density at radius 3 is 2.73 bits per heavy atom. The fraction of sp³-hybridized carbons (Fsp3) is 0.500. The molecule has 1 saturated heterocycles. The van der Waals surface area contributed by atoms with Crippen LogP contribution in [0.1, 0.15) is 12.8 Å². The molecule has 1 fully saturated rings. The van der Waals surface area contributed by atoms with Gasteiger partial charge < -0.3 is 9.47 Å². The molecular formula is C10H13N5. The predicted molar refractivity (Wildman–Crippen MR) is 56.9 cm³/mol. The molecule has 0 saturated carbocycles. The Labute approximate surface area is 88.1 Å². The molecule has 0 aromatic rings. The number of hydrogen-bond donors (Lipinski definition) is 0. The lowest BCUT2D eigenvalue weighted by molar-refractivity contribution is 0.799. The number of hydrogen-bond acceptors (Lipinski definition) is 4. The lowest BCUT2D eigenvalue weighted by atomic mass is 10.3. The van der Waals surface area contributed by atoms with Gasteiger partial charge in [-0.2, -0.15) is 0 Å². The molecule has 0 radical (unpaired) electrons. The van der Waals surface area contributed by atoms with Crippen LogP contribution in [0, 0.1) is 0 Å². The molecular weight excluding hydrogens is 190 g/mol. The van der Waals surface area contributed by atoms with Gasteiger partial charge in [-0.1, -0.05) is 0 Å². The van der Waals surface area contributed by atoms with E-state index in [0.29, 0.717) is 0 Å². The second-order valence-electron chi connectivity index (χ2n) is 3.92. The highest BCUT2D eigenvalue weighted by Crippen LogP contribution is 2.29. The summed E-state index contributed by atoms with van der Waals surface area (Å²) in [5, 5.41) is 0. The molecule has 3 aliphatic rings. The van der Waals surface area contributed by atoms with Crippen LogP contribution in [0.15, 0.2) is 12.7 Å². The first-order chi connectivity index (χ1) is 7.36. The van der Waals surface area contributed by atoms with Gasteiger partial charge in [0, 0.05) is 20.1 Å². The largest absolute Gasteiger partial charge is 0.356 e. The summed E-state index contributed by atoms with van der Waals surface area (Å²) < 4.78 is 2.03. The Morgan fingerprint density at radius 1 is 1.13 bits per heavy atom. The van der Waals surface area contributed by atoms with E-state index in [2.05, 4.69) is 19.9 Å². The summed E-state index contributed by atoms with van der Waals surface area (Å²) >= 11 is 0. The van der Waals surface area contributed by atoms with Gasteiger partial charge in [0.25, 0.3) is 0 Å². The third kappa shape index (κ3) is 1.26. The maximum absolute atomic E-state index is 4.29. The zero-order valence-electron chi connectivity index (χ0n) is 8.72. The van der Waals surface area contributed by atoms with Crippen LogP contribution >= 0.6 is 0 Å². The zero-order valence-corrected chi connectivity index (χ0v) is 8.72. The highest BCUT2D eigenvalue weighted by atomic mass is 15.3. The molecule has 0 atom stereocenters. The Bertz CT molecular complexity index is 443. The number of nitrogens with zero attached hydrogens (tertiary/aromatic N) is 5. The molecule has 3 aliphatic heterocycles. The van der Waals surface area contributed by atoms with E-state index >= 15 is 0 Å². The Kier molecular flexibility index (Phi) is 1.83. The molecule has 0 aromatic heterocycles. The normalized spacial score (nSPS) is 16.5. The minimum absolute atomic E-state index is 0.745. The molecule has 0 amide bonds. The number of imidazole rings is 1. The monoisotopic (exact) mass is 203 g/mol. The molecule has 0 spiro atoms. The number of aromatic nitrogens is 4. The lowest BCUT2D eigenvalue weighted by Crippen LogP contribution is -2.23. The fourth-order valence-corrected chi connectivity index (χ4v) is 2.18.